The normalized spacial score (nSPS) is 32.0. The molecule has 0 aliphatic carbocycles. The van der Waals surface area contributed by atoms with Gasteiger partial charge in [0, 0.05) is 38.4 Å². The average molecular weight is 765 g/mol. The molecule has 0 saturated carbocycles. The summed E-state index contributed by atoms with van der Waals surface area (Å²) >= 11 is 11.9. The summed E-state index contributed by atoms with van der Waals surface area (Å²) in [7, 11) is 2.78. The fraction of sp³-hybridized carbons (Fsp3) is 0.419. The van der Waals surface area contributed by atoms with E-state index >= 15 is 0 Å². The van der Waals surface area contributed by atoms with Crippen molar-refractivity contribution in [2.45, 2.75) is 62.0 Å². The number of rotatable bonds is 6. The lowest BCUT2D eigenvalue weighted by molar-refractivity contribution is -0.142. The third kappa shape index (κ3) is 5.42. The first-order valence-corrected chi connectivity index (χ1v) is 16.1. The van der Waals surface area contributed by atoms with Crippen LogP contribution >= 0.6 is 47.8 Å². The van der Waals surface area contributed by atoms with E-state index in [0.717, 1.165) is 47.9 Å². The number of esters is 2. The Morgan fingerprint density at radius 2 is 1.71 bits per heavy atom. The molecule has 222 valence electrons. The topological polar surface area (TPSA) is 105 Å². The zero-order valence-corrected chi connectivity index (χ0v) is 28.9. The number of hydrogen-bond donors (Lipinski definition) is 2. The van der Waals surface area contributed by atoms with E-state index in [1.165, 1.54) is 14.2 Å². The van der Waals surface area contributed by atoms with Crippen LogP contribution < -0.4 is 16.0 Å². The minimum atomic E-state index is -0.881. The van der Waals surface area contributed by atoms with E-state index < -0.39 is 15.5 Å². The first-order chi connectivity index (χ1) is 19.8. The van der Waals surface area contributed by atoms with Gasteiger partial charge in [-0.3, -0.25) is 19.9 Å². The van der Waals surface area contributed by atoms with Crippen LogP contribution in [0.2, 0.25) is 0 Å². The molecule has 1 aromatic heterocycles. The number of aromatic amines is 1. The SMILES string of the molecule is COC(=O)CCC1=C(Br)C2=NC1(CCC(=O)OC)C(C)C1(Br)NC(C)(/C=C3/C=CC(=N3)/C=c3/ccc([nH]3)=C2)C(Br)=C1C. The van der Waals surface area contributed by atoms with Crippen LogP contribution in [0.1, 0.15) is 46.5 Å². The van der Waals surface area contributed by atoms with E-state index in [1.54, 1.807) is 0 Å². The standard InChI is InChI=1S/C31H33Br3N4O4/c1-17-28(33)29(3)16-22-9-8-20(36-22)14-19-6-7-21(35-19)15-24-27(32)23(10-11-25(39)41-4)30(37-24,13-12-26(40)42-5)18(2)31(17,34)38-29/h6-9,14-16,18,35,38H,10-13H2,1-5H3/b19-14-,21-15?,22-16-. The molecule has 0 spiro atoms. The Labute approximate surface area is 270 Å². The van der Waals surface area contributed by atoms with Gasteiger partial charge in [0.15, 0.2) is 0 Å². The highest BCUT2D eigenvalue weighted by molar-refractivity contribution is 9.12. The molecule has 4 aliphatic heterocycles. The van der Waals surface area contributed by atoms with Crippen LogP contribution in [0, 0.1) is 5.92 Å². The summed E-state index contributed by atoms with van der Waals surface area (Å²) in [5, 5.41) is 5.63. The molecule has 8 nitrogen and oxygen atoms in total. The number of H-pyrrole nitrogens is 1. The number of carbonyl (C=O) groups excluding carboxylic acids is 2. The van der Waals surface area contributed by atoms with Gasteiger partial charge in [0.05, 0.1) is 42.4 Å². The van der Waals surface area contributed by atoms with Gasteiger partial charge in [-0.1, -0.05) is 38.8 Å². The first-order valence-electron chi connectivity index (χ1n) is 13.7. The van der Waals surface area contributed by atoms with Crippen LogP contribution in [0.25, 0.3) is 12.2 Å². The minimum Gasteiger partial charge on any atom is -0.469 e. The Morgan fingerprint density at radius 1 is 1.05 bits per heavy atom. The van der Waals surface area contributed by atoms with Gasteiger partial charge >= 0.3 is 11.9 Å². The van der Waals surface area contributed by atoms with Crippen molar-refractivity contribution in [1.29, 1.82) is 0 Å². The summed E-state index contributed by atoms with van der Waals surface area (Å²) in [5.41, 5.74) is 2.94. The van der Waals surface area contributed by atoms with Gasteiger partial charge in [-0.2, -0.15) is 0 Å². The maximum Gasteiger partial charge on any atom is 0.305 e. The van der Waals surface area contributed by atoms with Crippen molar-refractivity contribution < 1.29 is 19.1 Å². The van der Waals surface area contributed by atoms with Crippen molar-refractivity contribution in [3.8, 4) is 0 Å². The van der Waals surface area contributed by atoms with Crippen LogP contribution in [-0.4, -0.2) is 58.1 Å². The van der Waals surface area contributed by atoms with Crippen LogP contribution in [0.5, 0.6) is 0 Å². The summed E-state index contributed by atoms with van der Waals surface area (Å²) in [4.78, 5) is 38.6. The monoisotopic (exact) mass is 762 g/mol. The lowest BCUT2D eigenvalue weighted by Gasteiger charge is -2.45. The molecular formula is C31H33Br3N4O4. The molecule has 0 radical (unpaired) electrons. The number of carbonyl (C=O) groups is 2. The van der Waals surface area contributed by atoms with Crippen molar-refractivity contribution in [2.75, 3.05) is 14.2 Å². The molecular weight excluding hydrogens is 732 g/mol. The molecule has 42 heavy (non-hydrogen) atoms. The van der Waals surface area contributed by atoms with Crippen LogP contribution in [-0.2, 0) is 19.1 Å². The number of alkyl halides is 1. The molecule has 1 aromatic rings. The number of nitrogens with one attached hydrogen (secondary N) is 2. The maximum atomic E-state index is 12.6. The number of nitrogens with zero attached hydrogens (tertiary/aromatic N) is 2. The number of methoxy groups -OCH3 is 2. The highest BCUT2D eigenvalue weighted by Crippen LogP contribution is 2.56. The molecule has 11 heteroatoms. The van der Waals surface area contributed by atoms with Crippen molar-refractivity contribution in [2.24, 2.45) is 15.9 Å². The smallest absolute Gasteiger partial charge is 0.305 e. The summed E-state index contributed by atoms with van der Waals surface area (Å²) in [6, 6.07) is 4.00. The van der Waals surface area contributed by atoms with Gasteiger partial charge in [0.2, 0.25) is 0 Å². The van der Waals surface area contributed by atoms with Gasteiger partial charge in [-0.05, 0) is 96.3 Å². The molecule has 0 aromatic carbocycles. The van der Waals surface area contributed by atoms with Crippen molar-refractivity contribution in [3.05, 3.63) is 66.9 Å². The van der Waals surface area contributed by atoms with E-state index in [0.29, 0.717) is 12.8 Å². The quantitative estimate of drug-likeness (QED) is 0.242. The molecule has 5 heterocycles. The Bertz CT molecular complexity index is 1670. The number of aromatic nitrogens is 1. The van der Waals surface area contributed by atoms with Crippen LogP contribution in [0.3, 0.4) is 0 Å². The van der Waals surface area contributed by atoms with Crippen molar-refractivity contribution in [3.63, 3.8) is 0 Å². The van der Waals surface area contributed by atoms with Gasteiger partial charge in [-0.15, -0.1) is 0 Å². The van der Waals surface area contributed by atoms with E-state index in [-0.39, 0.29) is 30.7 Å². The molecule has 8 bridgehead atoms. The van der Waals surface area contributed by atoms with Gasteiger partial charge in [-0.25, -0.2) is 4.99 Å². The molecule has 5 rings (SSSR count). The molecule has 4 atom stereocenters. The molecule has 2 N–H and O–H groups in total. The van der Waals surface area contributed by atoms with E-state index in [9.17, 15) is 9.59 Å². The number of fused-ring (bicyclic) bond motifs is 6. The number of halogens is 3. The predicted octanol–water partition coefficient (Wildman–Crippen LogP) is 4.99. The van der Waals surface area contributed by atoms with Crippen molar-refractivity contribution in [1.82, 2.24) is 10.3 Å². The largest absolute Gasteiger partial charge is 0.469 e. The summed E-state index contributed by atoms with van der Waals surface area (Å²) < 4.78 is 11.1. The third-order valence-corrected chi connectivity index (χ3v) is 12.4. The fourth-order valence-electron chi connectivity index (χ4n) is 6.30. The second-order valence-electron chi connectivity index (χ2n) is 11.2. The molecule has 4 unspecified atom stereocenters. The summed E-state index contributed by atoms with van der Waals surface area (Å²) in [6.45, 7) is 6.32. The second-order valence-corrected chi connectivity index (χ2v) is 14.0. The number of hydrogen-bond acceptors (Lipinski definition) is 7. The highest BCUT2D eigenvalue weighted by Gasteiger charge is 2.58. The zero-order valence-electron chi connectivity index (χ0n) is 24.1. The number of ether oxygens (including phenoxy) is 2. The Kier molecular flexibility index (Phi) is 8.61. The van der Waals surface area contributed by atoms with Gasteiger partial charge in [0.1, 0.15) is 4.45 Å². The Morgan fingerprint density at radius 3 is 2.40 bits per heavy atom. The fourth-order valence-corrected chi connectivity index (χ4v) is 8.82. The minimum absolute atomic E-state index is 0.151. The molecule has 0 fully saturated rings. The van der Waals surface area contributed by atoms with Gasteiger partial charge in [0.25, 0.3) is 0 Å². The van der Waals surface area contributed by atoms with Crippen LogP contribution in [0.4, 0.5) is 0 Å². The summed E-state index contributed by atoms with van der Waals surface area (Å²) in [6.07, 6.45) is 11.2. The lowest BCUT2D eigenvalue weighted by atomic mass is 9.71. The number of aliphatic imine (C=N–C) groups is 2. The van der Waals surface area contributed by atoms with Crippen molar-refractivity contribution >= 4 is 83.3 Å². The maximum absolute atomic E-state index is 12.6. The Balaban J connectivity index is 1.78. The lowest BCUT2D eigenvalue weighted by Crippen LogP contribution is -2.57. The highest BCUT2D eigenvalue weighted by atomic mass is 79.9. The average Bonchev–Trinajstić information content (AvgIpc) is 3.70. The molecule has 0 amide bonds. The first kappa shape index (κ1) is 31.1. The Hall–Kier alpha value is -2.34. The van der Waals surface area contributed by atoms with Gasteiger partial charge < -0.3 is 14.5 Å². The number of allylic oxidation sites excluding steroid dienone is 3. The van der Waals surface area contributed by atoms with E-state index in [1.807, 2.05) is 36.4 Å². The summed E-state index contributed by atoms with van der Waals surface area (Å²) in [5.74, 6) is -0.878. The zero-order chi connectivity index (χ0) is 30.4. The third-order valence-electron chi connectivity index (χ3n) is 8.61. The van der Waals surface area contributed by atoms with Crippen LogP contribution in [0.15, 0.2) is 66.2 Å². The second kappa shape index (κ2) is 11.6. The van der Waals surface area contributed by atoms with E-state index in [4.69, 9.17) is 19.5 Å². The van der Waals surface area contributed by atoms with E-state index in [2.05, 4.69) is 84.9 Å². The molecule has 4 aliphatic rings. The molecule has 0 saturated heterocycles. The predicted molar refractivity (Wildman–Crippen MR) is 176 cm³/mol.